The standard InChI is InChI=1S/C15H18N2/c1-2-4-15-13(3-1)14(9-16-15)10-7-11-5-6-12(8-10)17-11/h1-4,9-12,16-17H,5-8H2/t10?,11-,12+. The van der Waals surface area contributed by atoms with Gasteiger partial charge in [-0.1, -0.05) is 18.2 Å². The van der Waals surface area contributed by atoms with Gasteiger partial charge in [0.1, 0.15) is 0 Å². The Morgan fingerprint density at radius 1 is 1.00 bits per heavy atom. The molecule has 2 aliphatic heterocycles. The Labute approximate surface area is 101 Å². The minimum absolute atomic E-state index is 0.755. The Morgan fingerprint density at radius 3 is 2.59 bits per heavy atom. The molecule has 0 amide bonds. The smallest absolute Gasteiger partial charge is 0.0456 e. The van der Waals surface area contributed by atoms with Gasteiger partial charge in [0.15, 0.2) is 0 Å². The second kappa shape index (κ2) is 3.61. The molecule has 2 saturated heterocycles. The monoisotopic (exact) mass is 226 g/mol. The number of piperidine rings is 1. The van der Waals surface area contributed by atoms with Gasteiger partial charge in [0.2, 0.25) is 0 Å². The van der Waals surface area contributed by atoms with Crippen LogP contribution in [0.3, 0.4) is 0 Å². The van der Waals surface area contributed by atoms with Gasteiger partial charge in [0, 0.05) is 29.2 Å². The first-order valence-electron chi connectivity index (χ1n) is 6.72. The molecular formula is C15H18N2. The molecule has 1 aromatic carbocycles. The minimum Gasteiger partial charge on any atom is -0.361 e. The molecule has 2 heteroatoms. The molecule has 2 aliphatic rings. The van der Waals surface area contributed by atoms with Crippen molar-refractivity contribution in [3.8, 4) is 0 Å². The number of benzene rings is 1. The molecule has 2 nitrogen and oxygen atoms in total. The van der Waals surface area contributed by atoms with Crippen LogP contribution in [-0.2, 0) is 0 Å². The average Bonchev–Trinajstić information content (AvgIpc) is 2.93. The van der Waals surface area contributed by atoms with Crippen molar-refractivity contribution in [2.24, 2.45) is 0 Å². The summed E-state index contributed by atoms with van der Waals surface area (Å²) < 4.78 is 0. The Morgan fingerprint density at radius 2 is 1.76 bits per heavy atom. The molecule has 2 bridgehead atoms. The zero-order chi connectivity index (χ0) is 11.2. The maximum Gasteiger partial charge on any atom is 0.0456 e. The summed E-state index contributed by atoms with van der Waals surface area (Å²) in [6.07, 6.45) is 7.63. The van der Waals surface area contributed by atoms with E-state index in [2.05, 4.69) is 40.8 Å². The lowest BCUT2D eigenvalue weighted by Crippen LogP contribution is -2.37. The number of H-pyrrole nitrogens is 1. The number of aromatic amines is 1. The molecule has 4 rings (SSSR count). The van der Waals surface area contributed by atoms with Crippen LogP contribution >= 0.6 is 0 Å². The maximum atomic E-state index is 3.72. The number of para-hydroxylation sites is 1. The predicted molar refractivity (Wildman–Crippen MR) is 70.2 cm³/mol. The number of rotatable bonds is 1. The van der Waals surface area contributed by atoms with Crippen molar-refractivity contribution in [1.82, 2.24) is 10.3 Å². The number of hydrogen-bond donors (Lipinski definition) is 2. The van der Waals surface area contributed by atoms with Crippen LogP contribution in [0.1, 0.15) is 37.2 Å². The zero-order valence-corrected chi connectivity index (χ0v) is 9.95. The third kappa shape index (κ3) is 1.51. The van der Waals surface area contributed by atoms with Crippen molar-refractivity contribution in [2.75, 3.05) is 0 Å². The summed E-state index contributed by atoms with van der Waals surface area (Å²) in [5.41, 5.74) is 2.83. The lowest BCUT2D eigenvalue weighted by Gasteiger charge is -2.29. The second-order valence-electron chi connectivity index (χ2n) is 5.60. The van der Waals surface area contributed by atoms with Gasteiger partial charge in [-0.25, -0.2) is 0 Å². The number of fused-ring (bicyclic) bond motifs is 3. The Kier molecular flexibility index (Phi) is 2.06. The van der Waals surface area contributed by atoms with E-state index < -0.39 is 0 Å². The Balaban J connectivity index is 1.74. The molecule has 3 atom stereocenters. The molecule has 1 unspecified atom stereocenters. The first-order valence-corrected chi connectivity index (χ1v) is 6.72. The normalized spacial score (nSPS) is 32.1. The van der Waals surface area contributed by atoms with E-state index in [9.17, 15) is 0 Å². The summed E-state index contributed by atoms with van der Waals surface area (Å²) in [5, 5.41) is 5.15. The van der Waals surface area contributed by atoms with E-state index in [-0.39, 0.29) is 0 Å². The van der Waals surface area contributed by atoms with E-state index in [0.29, 0.717) is 0 Å². The highest BCUT2D eigenvalue weighted by Gasteiger charge is 2.34. The summed E-state index contributed by atoms with van der Waals surface area (Å²) in [4.78, 5) is 3.42. The fourth-order valence-corrected chi connectivity index (χ4v) is 3.74. The van der Waals surface area contributed by atoms with E-state index in [4.69, 9.17) is 0 Å². The highest BCUT2D eigenvalue weighted by Crippen LogP contribution is 2.39. The predicted octanol–water partition coefficient (Wildman–Crippen LogP) is 3.17. The molecule has 0 aliphatic carbocycles. The summed E-state index contributed by atoms with van der Waals surface area (Å²) in [5.74, 6) is 0.755. The van der Waals surface area contributed by atoms with Gasteiger partial charge in [0.25, 0.3) is 0 Å². The van der Waals surface area contributed by atoms with Gasteiger partial charge in [-0.3, -0.25) is 0 Å². The summed E-state index contributed by atoms with van der Waals surface area (Å²) in [6, 6.07) is 10.2. The molecule has 0 radical (unpaired) electrons. The minimum atomic E-state index is 0.755. The van der Waals surface area contributed by atoms with Gasteiger partial charge < -0.3 is 10.3 Å². The van der Waals surface area contributed by atoms with Gasteiger partial charge in [-0.15, -0.1) is 0 Å². The molecule has 3 heterocycles. The summed E-state index contributed by atoms with van der Waals surface area (Å²) >= 11 is 0. The van der Waals surface area contributed by atoms with Crippen molar-refractivity contribution in [2.45, 2.75) is 43.7 Å². The molecule has 1 aromatic heterocycles. The lowest BCUT2D eigenvalue weighted by molar-refractivity contribution is 0.364. The summed E-state index contributed by atoms with van der Waals surface area (Å²) in [6.45, 7) is 0. The fourth-order valence-electron chi connectivity index (χ4n) is 3.74. The van der Waals surface area contributed by atoms with E-state index >= 15 is 0 Å². The van der Waals surface area contributed by atoms with Crippen LogP contribution in [0, 0.1) is 0 Å². The molecule has 2 N–H and O–H groups in total. The largest absolute Gasteiger partial charge is 0.361 e. The van der Waals surface area contributed by atoms with Crippen molar-refractivity contribution >= 4 is 10.9 Å². The molecule has 2 fully saturated rings. The third-order valence-corrected chi connectivity index (χ3v) is 4.53. The maximum absolute atomic E-state index is 3.72. The SMILES string of the molecule is c1ccc2c(C3C[C@H]4CC[C@@H](C3)N4)c[nH]c2c1. The van der Waals surface area contributed by atoms with Crippen molar-refractivity contribution in [3.05, 3.63) is 36.0 Å². The van der Waals surface area contributed by atoms with Crippen molar-refractivity contribution < 1.29 is 0 Å². The topological polar surface area (TPSA) is 27.8 Å². The Bertz CT molecular complexity index is 531. The second-order valence-corrected chi connectivity index (χ2v) is 5.60. The number of aromatic nitrogens is 1. The number of nitrogens with one attached hydrogen (secondary N) is 2. The van der Waals surface area contributed by atoms with E-state index in [1.807, 2.05) is 0 Å². The van der Waals surface area contributed by atoms with Gasteiger partial charge in [0.05, 0.1) is 0 Å². The molecule has 0 spiro atoms. The molecule has 88 valence electrons. The molecule has 0 saturated carbocycles. The lowest BCUT2D eigenvalue weighted by atomic mass is 9.86. The zero-order valence-electron chi connectivity index (χ0n) is 9.95. The van der Waals surface area contributed by atoms with E-state index in [0.717, 1.165) is 18.0 Å². The first kappa shape index (κ1) is 9.72. The van der Waals surface area contributed by atoms with Crippen LogP contribution in [0.4, 0.5) is 0 Å². The van der Waals surface area contributed by atoms with E-state index in [1.165, 1.54) is 36.6 Å². The third-order valence-electron chi connectivity index (χ3n) is 4.53. The molecular weight excluding hydrogens is 208 g/mol. The van der Waals surface area contributed by atoms with Crippen LogP contribution in [-0.4, -0.2) is 17.1 Å². The van der Waals surface area contributed by atoms with Crippen LogP contribution in [0.25, 0.3) is 10.9 Å². The number of hydrogen-bond acceptors (Lipinski definition) is 1. The first-order chi connectivity index (χ1) is 8.40. The van der Waals surface area contributed by atoms with Crippen molar-refractivity contribution in [3.63, 3.8) is 0 Å². The van der Waals surface area contributed by atoms with E-state index in [1.54, 1.807) is 5.56 Å². The Hall–Kier alpha value is -1.28. The quantitative estimate of drug-likeness (QED) is 0.768. The van der Waals surface area contributed by atoms with Crippen LogP contribution in [0.15, 0.2) is 30.5 Å². The van der Waals surface area contributed by atoms with Crippen molar-refractivity contribution in [1.29, 1.82) is 0 Å². The molecule has 2 aromatic rings. The van der Waals surface area contributed by atoms with Gasteiger partial charge >= 0.3 is 0 Å². The van der Waals surface area contributed by atoms with Crippen LogP contribution in [0.5, 0.6) is 0 Å². The molecule has 17 heavy (non-hydrogen) atoms. The fraction of sp³-hybridized carbons (Fsp3) is 0.467. The highest BCUT2D eigenvalue weighted by molar-refractivity contribution is 5.83. The van der Waals surface area contributed by atoms with Crippen LogP contribution in [0.2, 0.25) is 0 Å². The van der Waals surface area contributed by atoms with Crippen LogP contribution < -0.4 is 5.32 Å². The van der Waals surface area contributed by atoms with Gasteiger partial charge in [-0.05, 0) is 43.2 Å². The highest BCUT2D eigenvalue weighted by atomic mass is 15.0. The van der Waals surface area contributed by atoms with Gasteiger partial charge in [-0.2, -0.15) is 0 Å². The average molecular weight is 226 g/mol. The summed E-state index contributed by atoms with van der Waals surface area (Å²) in [7, 11) is 0.